The number of nitrogens with zero attached hydrogens (tertiary/aromatic N) is 3. The molecule has 4 rings (SSSR count). The molecule has 0 atom stereocenters. The summed E-state index contributed by atoms with van der Waals surface area (Å²) >= 11 is 0. The van der Waals surface area contributed by atoms with Crippen LogP contribution in [0.3, 0.4) is 0 Å². The molecule has 5 heteroatoms. The van der Waals surface area contributed by atoms with Crippen LogP contribution in [0.1, 0.15) is 43.5 Å². The van der Waals surface area contributed by atoms with Crippen LogP contribution in [0, 0.1) is 11.3 Å². The molecule has 0 spiro atoms. The van der Waals surface area contributed by atoms with E-state index in [2.05, 4.69) is 97.7 Å². The van der Waals surface area contributed by atoms with E-state index < -0.39 is 0 Å². The minimum atomic E-state index is -0.230. The average molecular weight is 479 g/mol. The van der Waals surface area contributed by atoms with Gasteiger partial charge >= 0.3 is 0 Å². The van der Waals surface area contributed by atoms with Crippen LogP contribution in [0.5, 0.6) is 0 Å². The summed E-state index contributed by atoms with van der Waals surface area (Å²) in [6.45, 7) is 9.14. The molecule has 0 bridgehead atoms. The molecule has 1 aliphatic rings. The van der Waals surface area contributed by atoms with Gasteiger partial charge < -0.3 is 10.2 Å². The molecule has 5 nitrogen and oxygen atoms in total. The highest BCUT2D eigenvalue weighted by Gasteiger charge is 2.29. The Balaban J connectivity index is 1.42. The zero-order valence-corrected chi connectivity index (χ0v) is 21.3. The number of nitriles is 1. The van der Waals surface area contributed by atoms with Crippen molar-refractivity contribution in [3.05, 3.63) is 113 Å². The molecule has 1 saturated heterocycles. The number of rotatable bonds is 6. The molecular weight excluding hydrogens is 444 g/mol. The summed E-state index contributed by atoms with van der Waals surface area (Å²) in [5, 5.41) is 12.8. The van der Waals surface area contributed by atoms with Gasteiger partial charge in [0.05, 0.1) is 6.04 Å². The predicted octanol–water partition coefficient (Wildman–Crippen LogP) is 5.74. The second-order valence-corrected chi connectivity index (χ2v) is 10.2. The lowest BCUT2D eigenvalue weighted by Crippen LogP contribution is -2.50. The van der Waals surface area contributed by atoms with Gasteiger partial charge in [0.1, 0.15) is 11.6 Å². The third kappa shape index (κ3) is 6.02. The molecule has 1 amide bonds. The first-order valence-corrected chi connectivity index (χ1v) is 12.5. The third-order valence-electron chi connectivity index (χ3n) is 6.68. The molecule has 1 aliphatic heterocycles. The molecule has 0 unspecified atom stereocenters. The van der Waals surface area contributed by atoms with Crippen LogP contribution in [0.4, 0.5) is 5.69 Å². The van der Waals surface area contributed by atoms with Gasteiger partial charge in [0.25, 0.3) is 5.91 Å². The summed E-state index contributed by atoms with van der Waals surface area (Å²) in [5.74, 6) is -0.230. The number of piperazine rings is 1. The van der Waals surface area contributed by atoms with Crippen LogP contribution in [-0.2, 0) is 10.2 Å². The van der Waals surface area contributed by atoms with Crippen LogP contribution < -0.4 is 5.32 Å². The standard InChI is InChI=1S/C31H34N4O/c1-31(2,3)27-14-16-28(17-15-27)33-23-26(22-32)30(36)35-20-18-34(19-21-35)29(24-10-6-4-7-11-24)25-12-8-5-9-13-25/h4-17,23,29,33H,18-21H2,1-3H3/b26-23-. The van der Waals surface area contributed by atoms with Crippen molar-refractivity contribution in [2.75, 3.05) is 31.5 Å². The van der Waals surface area contributed by atoms with Crippen LogP contribution in [0.15, 0.2) is 96.7 Å². The van der Waals surface area contributed by atoms with Crippen molar-refractivity contribution in [1.29, 1.82) is 5.26 Å². The van der Waals surface area contributed by atoms with Crippen LogP contribution in [0.2, 0.25) is 0 Å². The van der Waals surface area contributed by atoms with E-state index in [1.165, 1.54) is 22.9 Å². The molecule has 1 heterocycles. The zero-order valence-electron chi connectivity index (χ0n) is 21.3. The van der Waals surface area contributed by atoms with Crippen molar-refractivity contribution >= 4 is 11.6 Å². The van der Waals surface area contributed by atoms with Crippen molar-refractivity contribution in [3.63, 3.8) is 0 Å². The highest BCUT2D eigenvalue weighted by Crippen LogP contribution is 2.29. The van der Waals surface area contributed by atoms with Crippen molar-refractivity contribution in [2.24, 2.45) is 0 Å². The highest BCUT2D eigenvalue weighted by atomic mass is 16.2. The summed E-state index contributed by atoms with van der Waals surface area (Å²) < 4.78 is 0. The molecule has 36 heavy (non-hydrogen) atoms. The topological polar surface area (TPSA) is 59.4 Å². The Bertz CT molecular complexity index is 1170. The Morgan fingerprint density at radius 3 is 1.86 bits per heavy atom. The van der Waals surface area contributed by atoms with Gasteiger partial charge in [0.15, 0.2) is 0 Å². The summed E-state index contributed by atoms with van der Waals surface area (Å²) in [5.41, 5.74) is 4.75. The van der Waals surface area contributed by atoms with Gasteiger partial charge in [-0.25, -0.2) is 0 Å². The number of carbonyl (C=O) groups is 1. The van der Waals surface area contributed by atoms with E-state index in [1.807, 2.05) is 24.3 Å². The van der Waals surface area contributed by atoms with Crippen LogP contribution in [0.25, 0.3) is 0 Å². The summed E-state index contributed by atoms with van der Waals surface area (Å²) in [7, 11) is 0. The van der Waals surface area contributed by atoms with Crippen molar-refractivity contribution in [1.82, 2.24) is 9.80 Å². The molecule has 1 N–H and O–H groups in total. The Morgan fingerprint density at radius 2 is 1.39 bits per heavy atom. The Morgan fingerprint density at radius 1 is 0.861 bits per heavy atom. The number of carbonyl (C=O) groups excluding carboxylic acids is 1. The normalized spacial score (nSPS) is 15.0. The highest BCUT2D eigenvalue weighted by molar-refractivity contribution is 5.97. The molecule has 0 radical (unpaired) electrons. The quantitative estimate of drug-likeness (QED) is 0.363. The minimum absolute atomic E-state index is 0.0737. The summed E-state index contributed by atoms with van der Waals surface area (Å²) in [6, 6.07) is 31.3. The van der Waals surface area contributed by atoms with E-state index in [1.54, 1.807) is 4.90 Å². The van der Waals surface area contributed by atoms with Gasteiger partial charge in [-0.2, -0.15) is 5.26 Å². The monoisotopic (exact) mass is 478 g/mol. The van der Waals surface area contributed by atoms with Crippen molar-refractivity contribution in [3.8, 4) is 6.07 Å². The van der Waals surface area contributed by atoms with E-state index >= 15 is 0 Å². The SMILES string of the molecule is CC(C)(C)c1ccc(N/C=C(/C#N)C(=O)N2CCN(C(c3ccccc3)c3ccccc3)CC2)cc1. The lowest BCUT2D eigenvalue weighted by atomic mass is 9.87. The Kier molecular flexibility index (Phi) is 7.87. The molecular formula is C31H34N4O. The maximum atomic E-state index is 13.1. The maximum Gasteiger partial charge on any atom is 0.266 e. The number of hydrogen-bond acceptors (Lipinski definition) is 4. The molecule has 3 aromatic carbocycles. The van der Waals surface area contributed by atoms with Gasteiger partial charge in [-0.05, 0) is 34.2 Å². The zero-order chi connectivity index (χ0) is 25.5. The molecule has 3 aromatic rings. The summed E-state index contributed by atoms with van der Waals surface area (Å²) in [6.07, 6.45) is 1.53. The Labute approximate surface area is 214 Å². The number of hydrogen-bond donors (Lipinski definition) is 1. The molecule has 0 aromatic heterocycles. The third-order valence-corrected chi connectivity index (χ3v) is 6.68. The fourth-order valence-corrected chi connectivity index (χ4v) is 4.60. The molecule has 184 valence electrons. The average Bonchev–Trinajstić information content (AvgIpc) is 2.90. The van der Waals surface area contributed by atoms with Gasteiger partial charge in [-0.1, -0.05) is 93.6 Å². The first kappa shape index (κ1) is 25.2. The first-order valence-electron chi connectivity index (χ1n) is 12.5. The fraction of sp³-hybridized carbons (Fsp3) is 0.290. The van der Waals surface area contributed by atoms with E-state index in [9.17, 15) is 10.1 Å². The van der Waals surface area contributed by atoms with E-state index in [4.69, 9.17) is 0 Å². The second-order valence-electron chi connectivity index (χ2n) is 10.2. The van der Waals surface area contributed by atoms with Gasteiger partial charge in [-0.3, -0.25) is 9.69 Å². The van der Waals surface area contributed by atoms with Crippen molar-refractivity contribution < 1.29 is 4.79 Å². The molecule has 0 saturated carbocycles. The first-order chi connectivity index (χ1) is 17.4. The van der Waals surface area contributed by atoms with Gasteiger partial charge in [0, 0.05) is 38.1 Å². The molecule has 1 fully saturated rings. The number of nitrogens with one attached hydrogen (secondary N) is 1. The van der Waals surface area contributed by atoms with E-state index in [0.29, 0.717) is 13.1 Å². The Hall–Kier alpha value is -3.88. The number of amides is 1. The predicted molar refractivity (Wildman–Crippen MR) is 145 cm³/mol. The smallest absolute Gasteiger partial charge is 0.266 e. The van der Waals surface area contributed by atoms with Gasteiger partial charge in [-0.15, -0.1) is 0 Å². The minimum Gasteiger partial charge on any atom is -0.360 e. The number of anilines is 1. The summed E-state index contributed by atoms with van der Waals surface area (Å²) in [4.78, 5) is 17.3. The second kappa shape index (κ2) is 11.2. The van der Waals surface area contributed by atoms with Crippen LogP contribution in [-0.4, -0.2) is 41.9 Å². The van der Waals surface area contributed by atoms with Gasteiger partial charge in [0.2, 0.25) is 0 Å². The maximum absolute atomic E-state index is 13.1. The number of benzene rings is 3. The van der Waals surface area contributed by atoms with Crippen molar-refractivity contribution in [2.45, 2.75) is 32.2 Å². The molecule has 0 aliphatic carbocycles. The lowest BCUT2D eigenvalue weighted by molar-refractivity contribution is -0.128. The van der Waals surface area contributed by atoms with Crippen LogP contribution >= 0.6 is 0 Å². The lowest BCUT2D eigenvalue weighted by Gasteiger charge is -2.39. The van der Waals surface area contributed by atoms with E-state index in [0.717, 1.165) is 18.8 Å². The largest absolute Gasteiger partial charge is 0.360 e. The van der Waals surface area contributed by atoms with E-state index in [-0.39, 0.29) is 22.9 Å². The fourth-order valence-electron chi connectivity index (χ4n) is 4.60.